The van der Waals surface area contributed by atoms with Gasteiger partial charge in [-0.05, 0) is 33.6 Å². The molecule has 1 spiro atoms. The van der Waals surface area contributed by atoms with E-state index in [4.69, 9.17) is 9.73 Å². The first-order chi connectivity index (χ1) is 11.0. The molecule has 0 bridgehead atoms. The Morgan fingerprint density at radius 3 is 2.83 bits per heavy atom. The number of hydrogen-bond acceptors (Lipinski definition) is 3. The molecule has 1 aromatic heterocycles. The molecule has 2 aliphatic heterocycles. The summed E-state index contributed by atoms with van der Waals surface area (Å²) in [7, 11) is 1.99. The van der Waals surface area contributed by atoms with Crippen LogP contribution in [0.25, 0.3) is 0 Å². The lowest BCUT2D eigenvalue weighted by molar-refractivity contribution is 0.156. The van der Waals surface area contributed by atoms with E-state index >= 15 is 0 Å². The molecular weight excluding hydrogens is 290 g/mol. The first kappa shape index (κ1) is 16.3. The van der Waals surface area contributed by atoms with Gasteiger partial charge in [-0.1, -0.05) is 0 Å². The molecule has 0 radical (unpaired) electrons. The second kappa shape index (κ2) is 6.51. The van der Waals surface area contributed by atoms with Gasteiger partial charge in [0.25, 0.3) is 0 Å². The van der Waals surface area contributed by atoms with Gasteiger partial charge in [0.15, 0.2) is 5.96 Å². The van der Waals surface area contributed by atoms with Gasteiger partial charge in [0.1, 0.15) is 0 Å². The Balaban J connectivity index is 1.73. The van der Waals surface area contributed by atoms with Crippen molar-refractivity contribution in [2.45, 2.75) is 40.2 Å². The summed E-state index contributed by atoms with van der Waals surface area (Å²) in [6.07, 6.45) is 2.39. The summed E-state index contributed by atoms with van der Waals surface area (Å²) in [4.78, 5) is 7.29. The van der Waals surface area contributed by atoms with E-state index in [-0.39, 0.29) is 0 Å². The summed E-state index contributed by atoms with van der Waals surface area (Å²) >= 11 is 0. The molecule has 6 heteroatoms. The molecule has 1 N–H and O–H groups in total. The smallest absolute Gasteiger partial charge is 0.194 e. The number of likely N-dealkylation sites (tertiary alicyclic amines) is 1. The lowest BCUT2D eigenvalue weighted by atomic mass is 9.87. The van der Waals surface area contributed by atoms with E-state index in [9.17, 15) is 0 Å². The molecule has 2 fully saturated rings. The summed E-state index contributed by atoms with van der Waals surface area (Å²) < 4.78 is 7.57. The summed E-state index contributed by atoms with van der Waals surface area (Å²) in [5.41, 5.74) is 3.87. The number of nitrogens with zero attached hydrogens (tertiary/aromatic N) is 4. The normalized spacial score (nSPS) is 24.9. The summed E-state index contributed by atoms with van der Waals surface area (Å²) in [5.74, 6) is 1.03. The summed E-state index contributed by atoms with van der Waals surface area (Å²) in [5, 5.41) is 7.94. The maximum atomic E-state index is 5.64. The Morgan fingerprint density at radius 2 is 2.22 bits per heavy atom. The molecule has 1 unspecified atom stereocenters. The lowest BCUT2D eigenvalue weighted by Crippen LogP contribution is -2.41. The highest BCUT2D eigenvalue weighted by molar-refractivity contribution is 5.80. The zero-order valence-corrected chi connectivity index (χ0v) is 14.9. The summed E-state index contributed by atoms with van der Waals surface area (Å²) in [6.45, 7) is 11.8. The van der Waals surface area contributed by atoms with Crippen LogP contribution >= 0.6 is 0 Å². The largest absolute Gasteiger partial charge is 0.381 e. The monoisotopic (exact) mass is 319 g/mol. The maximum absolute atomic E-state index is 5.64. The Kier molecular flexibility index (Phi) is 4.62. The van der Waals surface area contributed by atoms with Gasteiger partial charge in [0, 0.05) is 50.0 Å². The van der Waals surface area contributed by atoms with Gasteiger partial charge >= 0.3 is 0 Å². The summed E-state index contributed by atoms with van der Waals surface area (Å²) in [6, 6.07) is 0. The average Bonchev–Trinajstić information content (AvgIpc) is 3.21. The molecule has 6 nitrogen and oxygen atoms in total. The SMILES string of the molecule is CCNC(=NCc1c(C)nn(C)c1C)N1CCC2(CCOC2)C1. The van der Waals surface area contributed by atoms with Crippen LogP contribution in [0.2, 0.25) is 0 Å². The number of rotatable bonds is 3. The fourth-order valence-corrected chi connectivity index (χ4v) is 3.71. The van der Waals surface area contributed by atoms with Crippen molar-refractivity contribution in [3.8, 4) is 0 Å². The molecule has 1 aromatic rings. The maximum Gasteiger partial charge on any atom is 0.194 e. The second-order valence-corrected chi connectivity index (χ2v) is 6.92. The molecule has 0 saturated carbocycles. The third-order valence-electron chi connectivity index (χ3n) is 5.30. The fraction of sp³-hybridized carbons (Fsp3) is 0.765. The van der Waals surface area contributed by atoms with Crippen LogP contribution < -0.4 is 5.32 Å². The van der Waals surface area contributed by atoms with Crippen molar-refractivity contribution < 1.29 is 4.74 Å². The van der Waals surface area contributed by atoms with Gasteiger partial charge in [0.05, 0.1) is 18.8 Å². The van der Waals surface area contributed by atoms with Gasteiger partial charge < -0.3 is 15.0 Å². The van der Waals surface area contributed by atoms with Crippen molar-refractivity contribution in [1.29, 1.82) is 0 Å². The van der Waals surface area contributed by atoms with Crippen LogP contribution in [0.15, 0.2) is 4.99 Å². The predicted octanol–water partition coefficient (Wildman–Crippen LogP) is 1.61. The molecule has 3 rings (SSSR count). The number of hydrogen-bond donors (Lipinski definition) is 1. The Morgan fingerprint density at radius 1 is 1.39 bits per heavy atom. The van der Waals surface area contributed by atoms with Crippen LogP contribution in [-0.4, -0.2) is 53.5 Å². The Labute approximate surface area is 138 Å². The highest BCUT2D eigenvalue weighted by Gasteiger charge is 2.42. The first-order valence-electron chi connectivity index (χ1n) is 8.65. The molecule has 128 valence electrons. The van der Waals surface area contributed by atoms with Gasteiger partial charge in [-0.25, -0.2) is 4.99 Å². The highest BCUT2D eigenvalue weighted by Crippen LogP contribution is 2.38. The van der Waals surface area contributed by atoms with E-state index in [0.29, 0.717) is 12.0 Å². The minimum Gasteiger partial charge on any atom is -0.381 e. The molecule has 0 aliphatic carbocycles. The number of aromatic nitrogens is 2. The van der Waals surface area contributed by atoms with E-state index in [1.165, 1.54) is 24.1 Å². The first-order valence-corrected chi connectivity index (χ1v) is 8.65. The molecule has 0 amide bonds. The van der Waals surface area contributed by atoms with Gasteiger partial charge in [0.2, 0.25) is 0 Å². The lowest BCUT2D eigenvalue weighted by Gasteiger charge is -2.25. The predicted molar refractivity (Wildman–Crippen MR) is 91.6 cm³/mol. The molecule has 1 atom stereocenters. The molecule has 23 heavy (non-hydrogen) atoms. The quantitative estimate of drug-likeness (QED) is 0.679. The zero-order chi connectivity index (χ0) is 16.4. The Bertz CT molecular complexity index is 586. The van der Waals surface area contributed by atoms with Crippen LogP contribution in [0, 0.1) is 19.3 Å². The molecule has 2 aliphatic rings. The van der Waals surface area contributed by atoms with E-state index in [2.05, 4.69) is 36.1 Å². The van der Waals surface area contributed by atoms with Crippen molar-refractivity contribution in [3.63, 3.8) is 0 Å². The number of guanidine groups is 1. The molecule has 0 aromatic carbocycles. The van der Waals surface area contributed by atoms with E-state index < -0.39 is 0 Å². The topological polar surface area (TPSA) is 54.7 Å². The number of aryl methyl sites for hydroxylation is 2. The fourth-order valence-electron chi connectivity index (χ4n) is 3.71. The van der Waals surface area contributed by atoms with E-state index in [0.717, 1.165) is 44.5 Å². The van der Waals surface area contributed by atoms with Crippen LogP contribution in [0.1, 0.15) is 36.7 Å². The van der Waals surface area contributed by atoms with E-state index in [1.807, 2.05) is 11.7 Å². The molecular formula is C17H29N5O. The van der Waals surface area contributed by atoms with Crippen LogP contribution in [0.3, 0.4) is 0 Å². The third-order valence-corrected chi connectivity index (χ3v) is 5.30. The Hall–Kier alpha value is -1.56. The number of nitrogens with one attached hydrogen (secondary N) is 1. The van der Waals surface area contributed by atoms with Crippen LogP contribution in [0.4, 0.5) is 0 Å². The minimum atomic E-state index is 0.357. The third kappa shape index (κ3) is 3.22. The van der Waals surface area contributed by atoms with Crippen molar-refractivity contribution >= 4 is 5.96 Å². The van der Waals surface area contributed by atoms with Gasteiger partial charge in [-0.15, -0.1) is 0 Å². The van der Waals surface area contributed by atoms with Crippen molar-refractivity contribution in [2.24, 2.45) is 17.5 Å². The number of aliphatic imine (C=N–C) groups is 1. The van der Waals surface area contributed by atoms with E-state index in [1.54, 1.807) is 0 Å². The van der Waals surface area contributed by atoms with Crippen molar-refractivity contribution in [2.75, 3.05) is 32.8 Å². The van der Waals surface area contributed by atoms with Crippen LogP contribution in [-0.2, 0) is 18.3 Å². The van der Waals surface area contributed by atoms with Crippen molar-refractivity contribution in [3.05, 3.63) is 17.0 Å². The minimum absolute atomic E-state index is 0.357. The zero-order valence-electron chi connectivity index (χ0n) is 14.9. The van der Waals surface area contributed by atoms with Gasteiger partial charge in [-0.3, -0.25) is 4.68 Å². The average molecular weight is 319 g/mol. The molecule has 3 heterocycles. The standard InChI is InChI=1S/C17H29N5O/c1-5-18-16(19-10-15-13(2)20-21(4)14(15)3)22-8-6-17(11-22)7-9-23-12-17/h5-12H2,1-4H3,(H,18,19). The molecule has 2 saturated heterocycles. The second-order valence-electron chi connectivity index (χ2n) is 6.92. The highest BCUT2D eigenvalue weighted by atomic mass is 16.5. The number of ether oxygens (including phenoxy) is 1. The van der Waals surface area contributed by atoms with Gasteiger partial charge in [-0.2, -0.15) is 5.10 Å². The van der Waals surface area contributed by atoms with Crippen LogP contribution in [0.5, 0.6) is 0 Å². The van der Waals surface area contributed by atoms with Crippen molar-refractivity contribution in [1.82, 2.24) is 20.0 Å².